The second-order valence-electron chi connectivity index (χ2n) is 9.34. The smallest absolute Gasteiger partial charge is 0.217 e. The molecule has 2 fully saturated rings. The molecule has 0 amide bonds. The summed E-state index contributed by atoms with van der Waals surface area (Å²) in [4.78, 5) is 0. The van der Waals surface area contributed by atoms with E-state index in [1.54, 1.807) is 0 Å². The monoisotopic (exact) mass is 443 g/mol. The van der Waals surface area contributed by atoms with Crippen LogP contribution < -0.4 is 32.1 Å². The van der Waals surface area contributed by atoms with E-state index >= 15 is 0 Å². The zero-order valence-corrected chi connectivity index (χ0v) is 19.5. The highest BCUT2D eigenvalue weighted by atomic mass is 32.2. The fraction of sp³-hybridized carbons (Fsp3) is 0.950. The van der Waals surface area contributed by atoms with Crippen LogP contribution in [0.15, 0.2) is 0 Å². The fourth-order valence-corrected chi connectivity index (χ4v) is 6.29. The number of piperidine rings is 1. The van der Waals surface area contributed by atoms with Gasteiger partial charge >= 0.3 is 0 Å². The van der Waals surface area contributed by atoms with Gasteiger partial charge in [-0.05, 0) is 71.5 Å². The molecule has 174 valence electrons. The average molecular weight is 444 g/mol. The summed E-state index contributed by atoms with van der Waals surface area (Å²) in [5.41, 5.74) is 11.4. The van der Waals surface area contributed by atoms with E-state index in [0.29, 0.717) is 6.54 Å². The molecule has 0 aromatic rings. The van der Waals surface area contributed by atoms with Gasteiger partial charge in [-0.3, -0.25) is 0 Å². The summed E-state index contributed by atoms with van der Waals surface area (Å²) in [6, 6.07) is 2.25. The van der Waals surface area contributed by atoms with E-state index < -0.39 is 20.7 Å². The summed E-state index contributed by atoms with van der Waals surface area (Å²) in [6.45, 7) is 5.58. The maximum Gasteiger partial charge on any atom is 0.217 e. The maximum atomic E-state index is 13.1. The van der Waals surface area contributed by atoms with Gasteiger partial charge in [0, 0.05) is 25.2 Å². The molecule has 1 aliphatic carbocycles. The molecule has 0 aromatic heterocycles. The molecule has 6 unspecified atom stereocenters. The van der Waals surface area contributed by atoms with Crippen LogP contribution in [0.4, 0.5) is 0 Å². The molecule has 30 heavy (non-hydrogen) atoms. The first-order chi connectivity index (χ1) is 14.2. The number of hydrogen-bond donors (Lipinski definition) is 6. The highest BCUT2D eigenvalue weighted by molar-refractivity contribution is 7.90. The molecule has 1 aliphatic heterocycles. The van der Waals surface area contributed by atoms with Crippen molar-refractivity contribution >= 4 is 10.0 Å². The predicted molar refractivity (Wildman–Crippen MR) is 120 cm³/mol. The van der Waals surface area contributed by atoms with Gasteiger partial charge in [0.05, 0.1) is 17.6 Å². The Morgan fingerprint density at radius 2 is 2.00 bits per heavy atom. The lowest BCUT2D eigenvalue weighted by atomic mass is 9.74. The van der Waals surface area contributed by atoms with Gasteiger partial charge in [-0.15, -0.1) is 0 Å². The van der Waals surface area contributed by atoms with Gasteiger partial charge in [0.2, 0.25) is 10.0 Å². The lowest BCUT2D eigenvalue weighted by molar-refractivity contribution is 0.177. The molecular weight excluding hydrogens is 402 g/mol. The molecule has 0 bridgehead atoms. The lowest BCUT2D eigenvalue weighted by Gasteiger charge is -2.39. The Labute approximate surface area is 182 Å². The van der Waals surface area contributed by atoms with Gasteiger partial charge in [0.15, 0.2) is 0 Å². The Balaban J connectivity index is 1.96. The SMILES string of the molecule is CNC1C(CN)CCCC1NS(=O)(=O)C(CN)CNC1CC(C(C)(C)C#N)CCN1. The lowest BCUT2D eigenvalue weighted by Crippen LogP contribution is -2.59. The van der Waals surface area contributed by atoms with Crippen LogP contribution in [0.2, 0.25) is 0 Å². The van der Waals surface area contributed by atoms with Crippen LogP contribution in [0.25, 0.3) is 0 Å². The summed E-state index contributed by atoms with van der Waals surface area (Å²) >= 11 is 0. The third kappa shape index (κ3) is 6.36. The zero-order valence-electron chi connectivity index (χ0n) is 18.7. The first-order valence-electron chi connectivity index (χ1n) is 11.1. The Morgan fingerprint density at radius 1 is 1.27 bits per heavy atom. The number of likely N-dealkylation sites (N-methyl/N-ethyl adjacent to an activating group) is 1. The first-order valence-corrected chi connectivity index (χ1v) is 12.7. The van der Waals surface area contributed by atoms with Crippen molar-refractivity contribution in [2.24, 2.45) is 28.7 Å². The molecule has 1 saturated carbocycles. The molecule has 2 aliphatic rings. The van der Waals surface area contributed by atoms with Crippen molar-refractivity contribution in [2.45, 2.75) is 69.5 Å². The fourth-order valence-electron chi connectivity index (χ4n) is 4.84. The normalized spacial score (nSPS) is 31.8. The molecule has 1 heterocycles. The number of nitrogens with two attached hydrogens (primary N) is 2. The van der Waals surface area contributed by atoms with Gasteiger partial charge in [0.25, 0.3) is 0 Å². The van der Waals surface area contributed by atoms with Crippen molar-refractivity contribution in [1.82, 2.24) is 20.7 Å². The van der Waals surface area contributed by atoms with Crippen molar-refractivity contribution in [1.29, 1.82) is 5.26 Å². The number of hydrogen-bond acceptors (Lipinski definition) is 8. The molecule has 1 saturated heterocycles. The molecule has 10 heteroatoms. The molecule has 6 atom stereocenters. The van der Waals surface area contributed by atoms with Crippen LogP contribution in [-0.4, -0.2) is 65.1 Å². The van der Waals surface area contributed by atoms with E-state index in [-0.39, 0.29) is 43.2 Å². The minimum Gasteiger partial charge on any atom is -0.330 e. The quantitative estimate of drug-likeness (QED) is 0.261. The van der Waals surface area contributed by atoms with E-state index in [1.165, 1.54) is 0 Å². The van der Waals surface area contributed by atoms with Crippen LogP contribution in [0, 0.1) is 28.6 Å². The van der Waals surface area contributed by atoms with E-state index in [1.807, 2.05) is 20.9 Å². The summed E-state index contributed by atoms with van der Waals surface area (Å²) in [7, 11) is -1.74. The number of nitriles is 1. The summed E-state index contributed by atoms with van der Waals surface area (Å²) < 4.78 is 29.1. The molecule has 0 aromatic carbocycles. The van der Waals surface area contributed by atoms with Crippen LogP contribution in [0.1, 0.15) is 46.0 Å². The van der Waals surface area contributed by atoms with Crippen molar-refractivity contribution in [3.05, 3.63) is 0 Å². The summed E-state index contributed by atoms with van der Waals surface area (Å²) in [6.07, 6.45) is 4.46. The highest BCUT2D eigenvalue weighted by Crippen LogP contribution is 2.33. The van der Waals surface area contributed by atoms with Gasteiger partial charge in [-0.2, -0.15) is 5.26 Å². The minimum absolute atomic E-state index is 0.0259. The number of nitrogens with zero attached hydrogens (tertiary/aromatic N) is 1. The van der Waals surface area contributed by atoms with Crippen LogP contribution in [0.5, 0.6) is 0 Å². The predicted octanol–water partition coefficient (Wildman–Crippen LogP) is -0.586. The van der Waals surface area contributed by atoms with Crippen LogP contribution in [0.3, 0.4) is 0 Å². The van der Waals surface area contributed by atoms with Crippen LogP contribution >= 0.6 is 0 Å². The Morgan fingerprint density at radius 3 is 2.60 bits per heavy atom. The van der Waals surface area contributed by atoms with Crippen molar-refractivity contribution in [2.75, 3.05) is 33.2 Å². The second kappa shape index (κ2) is 11.2. The van der Waals surface area contributed by atoms with Gasteiger partial charge in [-0.1, -0.05) is 6.42 Å². The summed E-state index contributed by atoms with van der Waals surface area (Å²) in [5.74, 6) is 0.525. The number of nitrogens with one attached hydrogen (secondary N) is 4. The summed E-state index contributed by atoms with van der Waals surface area (Å²) in [5, 5.41) is 18.7. The average Bonchev–Trinajstić information content (AvgIpc) is 2.73. The first kappa shape index (κ1) is 25.5. The van der Waals surface area contributed by atoms with Crippen molar-refractivity contribution in [3.63, 3.8) is 0 Å². The Hall–Kier alpha value is -0.800. The van der Waals surface area contributed by atoms with Crippen LogP contribution in [-0.2, 0) is 10.0 Å². The molecule has 0 radical (unpaired) electrons. The van der Waals surface area contributed by atoms with Crippen molar-refractivity contribution < 1.29 is 8.42 Å². The van der Waals surface area contributed by atoms with Gasteiger partial charge in [0.1, 0.15) is 5.25 Å². The zero-order chi connectivity index (χ0) is 22.4. The molecular formula is C20H41N7O2S. The van der Waals surface area contributed by atoms with Gasteiger partial charge < -0.3 is 27.4 Å². The molecule has 9 nitrogen and oxygen atoms in total. The van der Waals surface area contributed by atoms with Crippen molar-refractivity contribution in [3.8, 4) is 6.07 Å². The number of rotatable bonds is 10. The third-order valence-corrected chi connectivity index (χ3v) is 8.86. The van der Waals surface area contributed by atoms with E-state index in [0.717, 1.165) is 38.6 Å². The van der Waals surface area contributed by atoms with E-state index in [4.69, 9.17) is 11.5 Å². The molecule has 8 N–H and O–H groups in total. The highest BCUT2D eigenvalue weighted by Gasteiger charge is 2.37. The topological polar surface area (TPSA) is 158 Å². The third-order valence-electron chi connectivity index (χ3n) is 6.99. The largest absolute Gasteiger partial charge is 0.330 e. The van der Waals surface area contributed by atoms with E-state index in [9.17, 15) is 13.7 Å². The molecule has 0 spiro atoms. The Kier molecular flexibility index (Phi) is 9.49. The van der Waals surface area contributed by atoms with E-state index in [2.05, 4.69) is 26.7 Å². The maximum absolute atomic E-state index is 13.1. The molecule has 2 rings (SSSR count). The second-order valence-corrected chi connectivity index (χ2v) is 11.3. The van der Waals surface area contributed by atoms with Gasteiger partial charge in [-0.25, -0.2) is 13.1 Å². The Bertz CT molecular complexity index is 679. The minimum atomic E-state index is -3.59. The standard InChI is InChI=1S/C20H41N7O2S/c1-20(2,13-23)15-7-8-25-18(9-15)26-12-16(11-22)30(28,29)27-17-6-4-5-14(10-21)19(17)24-3/h14-19,24-27H,4-12,21-22H2,1-3H3. The number of sulfonamides is 1.